The van der Waals surface area contributed by atoms with E-state index in [9.17, 15) is 4.79 Å². The number of oxazole rings is 1. The van der Waals surface area contributed by atoms with E-state index < -0.39 is 0 Å². The predicted octanol–water partition coefficient (Wildman–Crippen LogP) is 2.89. The van der Waals surface area contributed by atoms with Crippen LogP contribution in [0.25, 0.3) is 11.5 Å². The summed E-state index contributed by atoms with van der Waals surface area (Å²) in [5.41, 5.74) is 7.75. The van der Waals surface area contributed by atoms with Gasteiger partial charge in [0.25, 0.3) is 5.91 Å². The third-order valence-electron chi connectivity index (χ3n) is 4.83. The number of hydrogen-bond acceptors (Lipinski definition) is 6. The molecule has 7 nitrogen and oxygen atoms in total. The summed E-state index contributed by atoms with van der Waals surface area (Å²) in [5.74, 6) is 2.40. The minimum atomic E-state index is -0.116. The summed E-state index contributed by atoms with van der Waals surface area (Å²) < 4.78 is 16.9. The van der Waals surface area contributed by atoms with Gasteiger partial charge in [-0.3, -0.25) is 4.79 Å². The van der Waals surface area contributed by atoms with Crippen molar-refractivity contribution in [1.82, 2.24) is 9.88 Å². The zero-order valence-electron chi connectivity index (χ0n) is 16.3. The SMILES string of the molecule is COc1ccc(C(=O)N2CCc3oc(-c4ccccc4)nc3C2)c(OCCN)c1. The third kappa shape index (κ3) is 3.95. The van der Waals surface area contributed by atoms with Crippen molar-refractivity contribution < 1.29 is 18.7 Å². The zero-order chi connectivity index (χ0) is 20.2. The first kappa shape index (κ1) is 19.0. The van der Waals surface area contributed by atoms with Crippen molar-refractivity contribution in [3.63, 3.8) is 0 Å². The number of nitrogens with zero attached hydrogens (tertiary/aromatic N) is 2. The van der Waals surface area contributed by atoms with E-state index in [1.807, 2.05) is 30.3 Å². The van der Waals surface area contributed by atoms with Gasteiger partial charge < -0.3 is 24.5 Å². The number of ether oxygens (including phenoxy) is 2. The standard InChI is InChI=1S/C22H23N3O4/c1-27-16-7-8-17(20(13-16)28-12-10-23)22(26)25-11-9-19-18(14-25)24-21(29-19)15-5-3-2-4-6-15/h2-8,13H,9-12,14,23H2,1H3. The number of hydrogen-bond donors (Lipinski definition) is 1. The number of carbonyl (C=O) groups is 1. The van der Waals surface area contributed by atoms with E-state index in [1.165, 1.54) is 0 Å². The molecule has 0 fully saturated rings. The smallest absolute Gasteiger partial charge is 0.257 e. The maximum absolute atomic E-state index is 13.2. The van der Waals surface area contributed by atoms with Gasteiger partial charge in [-0.25, -0.2) is 4.98 Å². The van der Waals surface area contributed by atoms with E-state index in [-0.39, 0.29) is 5.91 Å². The predicted molar refractivity (Wildman–Crippen MR) is 108 cm³/mol. The number of nitrogens with two attached hydrogens (primary N) is 1. The van der Waals surface area contributed by atoms with Gasteiger partial charge in [0.2, 0.25) is 5.89 Å². The largest absolute Gasteiger partial charge is 0.497 e. The highest BCUT2D eigenvalue weighted by atomic mass is 16.5. The van der Waals surface area contributed by atoms with Crippen LogP contribution in [0.2, 0.25) is 0 Å². The summed E-state index contributed by atoms with van der Waals surface area (Å²) in [6, 6.07) is 14.9. The van der Waals surface area contributed by atoms with Crippen LogP contribution in [0.15, 0.2) is 52.9 Å². The van der Waals surface area contributed by atoms with Gasteiger partial charge in [0.15, 0.2) is 0 Å². The summed E-state index contributed by atoms with van der Waals surface area (Å²) in [7, 11) is 1.57. The van der Waals surface area contributed by atoms with Crippen LogP contribution in [0.5, 0.6) is 11.5 Å². The maximum Gasteiger partial charge on any atom is 0.257 e. The molecule has 1 aliphatic rings. The second-order valence-corrected chi connectivity index (χ2v) is 6.73. The van der Waals surface area contributed by atoms with E-state index in [4.69, 9.17) is 19.6 Å². The number of fused-ring (bicyclic) bond motifs is 1. The van der Waals surface area contributed by atoms with E-state index in [2.05, 4.69) is 4.98 Å². The Morgan fingerprint density at radius 2 is 2.07 bits per heavy atom. The molecule has 7 heteroatoms. The molecule has 0 atom stereocenters. The zero-order valence-corrected chi connectivity index (χ0v) is 16.3. The second kappa shape index (κ2) is 8.36. The van der Waals surface area contributed by atoms with Crippen LogP contribution in [0.1, 0.15) is 21.8 Å². The molecule has 0 unspecified atom stereocenters. The first-order valence-electron chi connectivity index (χ1n) is 9.53. The van der Waals surface area contributed by atoms with Gasteiger partial charge in [0.05, 0.1) is 19.2 Å². The molecule has 2 N–H and O–H groups in total. The lowest BCUT2D eigenvalue weighted by Gasteiger charge is -2.26. The van der Waals surface area contributed by atoms with Crippen molar-refractivity contribution in [3.05, 3.63) is 65.5 Å². The Labute approximate surface area is 169 Å². The lowest BCUT2D eigenvalue weighted by atomic mass is 10.1. The molecule has 4 rings (SSSR count). The second-order valence-electron chi connectivity index (χ2n) is 6.73. The molecule has 1 aliphatic heterocycles. The number of rotatable bonds is 6. The van der Waals surface area contributed by atoms with Gasteiger partial charge >= 0.3 is 0 Å². The Morgan fingerprint density at radius 1 is 1.24 bits per heavy atom. The molecule has 2 aromatic carbocycles. The Balaban J connectivity index is 1.56. The summed E-state index contributed by atoms with van der Waals surface area (Å²) in [6.45, 7) is 1.63. The molecule has 1 amide bonds. The van der Waals surface area contributed by atoms with E-state index in [0.717, 1.165) is 17.0 Å². The molecule has 2 heterocycles. The quantitative estimate of drug-likeness (QED) is 0.692. The fraction of sp³-hybridized carbons (Fsp3) is 0.273. The molecular formula is C22H23N3O4. The fourth-order valence-corrected chi connectivity index (χ4v) is 3.34. The first-order chi connectivity index (χ1) is 14.2. The Hall–Kier alpha value is -3.32. The van der Waals surface area contributed by atoms with Crippen LogP contribution in [0.4, 0.5) is 0 Å². The van der Waals surface area contributed by atoms with Crippen molar-refractivity contribution >= 4 is 5.91 Å². The highest BCUT2D eigenvalue weighted by molar-refractivity contribution is 5.97. The molecule has 150 valence electrons. The number of carbonyl (C=O) groups excluding carboxylic acids is 1. The first-order valence-corrected chi connectivity index (χ1v) is 9.53. The van der Waals surface area contributed by atoms with Crippen molar-refractivity contribution in [3.8, 4) is 23.0 Å². The minimum Gasteiger partial charge on any atom is -0.497 e. The van der Waals surface area contributed by atoms with Gasteiger partial charge in [-0.05, 0) is 24.3 Å². The minimum absolute atomic E-state index is 0.116. The number of amides is 1. The highest BCUT2D eigenvalue weighted by Gasteiger charge is 2.28. The highest BCUT2D eigenvalue weighted by Crippen LogP contribution is 2.30. The van der Waals surface area contributed by atoms with Crippen molar-refractivity contribution in [2.45, 2.75) is 13.0 Å². The molecule has 0 saturated carbocycles. The molecule has 29 heavy (non-hydrogen) atoms. The lowest BCUT2D eigenvalue weighted by Crippen LogP contribution is -2.36. The Bertz CT molecular complexity index is 1000. The Kier molecular flexibility index (Phi) is 5.48. The molecule has 0 saturated heterocycles. The van der Waals surface area contributed by atoms with Crippen LogP contribution in [0.3, 0.4) is 0 Å². The summed E-state index contributed by atoms with van der Waals surface area (Å²) in [4.78, 5) is 19.6. The number of benzene rings is 2. The topological polar surface area (TPSA) is 90.8 Å². The van der Waals surface area contributed by atoms with E-state index >= 15 is 0 Å². The molecule has 0 aliphatic carbocycles. The molecule has 0 spiro atoms. The van der Waals surface area contributed by atoms with Gasteiger partial charge in [-0.15, -0.1) is 0 Å². The average molecular weight is 393 g/mol. The van der Waals surface area contributed by atoms with Crippen LogP contribution in [-0.2, 0) is 13.0 Å². The Morgan fingerprint density at radius 3 is 2.83 bits per heavy atom. The van der Waals surface area contributed by atoms with Crippen molar-refractivity contribution in [2.75, 3.05) is 26.8 Å². The van der Waals surface area contributed by atoms with E-state index in [1.54, 1.807) is 30.2 Å². The van der Waals surface area contributed by atoms with E-state index in [0.29, 0.717) is 55.6 Å². The number of methoxy groups -OCH3 is 1. The van der Waals surface area contributed by atoms with Crippen LogP contribution in [0, 0.1) is 0 Å². The lowest BCUT2D eigenvalue weighted by molar-refractivity contribution is 0.0723. The number of aromatic nitrogens is 1. The van der Waals surface area contributed by atoms with Gasteiger partial charge in [-0.2, -0.15) is 0 Å². The summed E-state index contributed by atoms with van der Waals surface area (Å²) >= 11 is 0. The molecular weight excluding hydrogens is 370 g/mol. The molecule has 0 radical (unpaired) electrons. The summed E-state index contributed by atoms with van der Waals surface area (Å²) in [5, 5.41) is 0. The van der Waals surface area contributed by atoms with Crippen LogP contribution >= 0.6 is 0 Å². The van der Waals surface area contributed by atoms with Gasteiger partial charge in [-0.1, -0.05) is 18.2 Å². The molecule has 0 bridgehead atoms. The average Bonchev–Trinajstić information content (AvgIpc) is 3.21. The summed E-state index contributed by atoms with van der Waals surface area (Å²) in [6.07, 6.45) is 0.621. The normalized spacial score (nSPS) is 13.1. The third-order valence-corrected chi connectivity index (χ3v) is 4.83. The maximum atomic E-state index is 13.2. The fourth-order valence-electron chi connectivity index (χ4n) is 3.34. The monoisotopic (exact) mass is 393 g/mol. The van der Waals surface area contributed by atoms with Gasteiger partial charge in [0, 0.05) is 31.1 Å². The molecule has 3 aromatic rings. The van der Waals surface area contributed by atoms with Crippen molar-refractivity contribution in [1.29, 1.82) is 0 Å². The van der Waals surface area contributed by atoms with Crippen LogP contribution < -0.4 is 15.2 Å². The molecule has 1 aromatic heterocycles. The van der Waals surface area contributed by atoms with Crippen LogP contribution in [-0.4, -0.2) is 42.6 Å². The van der Waals surface area contributed by atoms with Gasteiger partial charge in [0.1, 0.15) is 29.6 Å². The van der Waals surface area contributed by atoms with Crippen molar-refractivity contribution in [2.24, 2.45) is 5.73 Å².